The van der Waals surface area contributed by atoms with Crippen LogP contribution in [0, 0.1) is 0 Å². The second-order valence-electron chi connectivity index (χ2n) is 3.58. The van der Waals surface area contributed by atoms with E-state index in [1.54, 1.807) is 6.07 Å². The average Bonchev–Trinajstić information content (AvgIpc) is 2.87. The standard InChI is InChI=1S/C10H12BrN5O2/c1-2-3-4-18-6-5-7(11)12-8(9(6)17)10-13-15-16-14-10/h5,17H,2-4H2,1H3,(H,13,14,15,16). The molecular formula is C10H12BrN5O2. The van der Waals surface area contributed by atoms with Crippen LogP contribution in [0.2, 0.25) is 0 Å². The van der Waals surface area contributed by atoms with E-state index in [1.807, 2.05) is 0 Å². The van der Waals surface area contributed by atoms with Crippen molar-refractivity contribution in [3.63, 3.8) is 0 Å². The zero-order chi connectivity index (χ0) is 13.0. The molecule has 96 valence electrons. The molecule has 0 aromatic carbocycles. The van der Waals surface area contributed by atoms with E-state index >= 15 is 0 Å². The maximum absolute atomic E-state index is 10.1. The van der Waals surface area contributed by atoms with Gasteiger partial charge in [0.2, 0.25) is 5.82 Å². The first-order chi connectivity index (χ1) is 8.72. The van der Waals surface area contributed by atoms with E-state index < -0.39 is 0 Å². The second-order valence-corrected chi connectivity index (χ2v) is 4.39. The van der Waals surface area contributed by atoms with E-state index in [-0.39, 0.29) is 17.3 Å². The SMILES string of the molecule is CCCCOc1cc(Br)nc(-c2nn[nH]n2)c1O. The van der Waals surface area contributed by atoms with Crippen LogP contribution in [0.3, 0.4) is 0 Å². The van der Waals surface area contributed by atoms with Crippen LogP contribution in [0.1, 0.15) is 19.8 Å². The summed E-state index contributed by atoms with van der Waals surface area (Å²) in [6.45, 7) is 2.60. The smallest absolute Gasteiger partial charge is 0.226 e. The number of nitrogens with one attached hydrogen (secondary N) is 1. The fraction of sp³-hybridized carbons (Fsp3) is 0.400. The lowest BCUT2D eigenvalue weighted by Crippen LogP contribution is -1.99. The number of nitrogens with zero attached hydrogens (tertiary/aromatic N) is 4. The van der Waals surface area contributed by atoms with E-state index in [1.165, 1.54) is 0 Å². The van der Waals surface area contributed by atoms with Crippen molar-refractivity contribution in [2.45, 2.75) is 19.8 Å². The maximum Gasteiger partial charge on any atom is 0.226 e. The van der Waals surface area contributed by atoms with E-state index in [2.05, 4.69) is 48.5 Å². The zero-order valence-corrected chi connectivity index (χ0v) is 11.3. The highest BCUT2D eigenvalue weighted by molar-refractivity contribution is 9.10. The summed E-state index contributed by atoms with van der Waals surface area (Å²) in [6, 6.07) is 1.61. The van der Waals surface area contributed by atoms with Crippen LogP contribution < -0.4 is 4.74 Å². The van der Waals surface area contributed by atoms with E-state index in [9.17, 15) is 5.11 Å². The van der Waals surface area contributed by atoms with Crippen molar-refractivity contribution in [1.29, 1.82) is 0 Å². The summed E-state index contributed by atoms with van der Waals surface area (Å²) in [5.74, 6) is 0.481. The first-order valence-electron chi connectivity index (χ1n) is 5.48. The van der Waals surface area contributed by atoms with Gasteiger partial charge in [-0.15, -0.1) is 10.2 Å². The molecule has 7 nitrogen and oxygen atoms in total. The number of aromatic hydroxyl groups is 1. The highest BCUT2D eigenvalue weighted by Crippen LogP contribution is 2.35. The van der Waals surface area contributed by atoms with Crippen LogP contribution in [0.4, 0.5) is 0 Å². The Balaban J connectivity index is 2.31. The molecule has 0 amide bonds. The Morgan fingerprint density at radius 2 is 2.33 bits per heavy atom. The number of hydrogen-bond donors (Lipinski definition) is 2. The Bertz CT molecular complexity index is 517. The summed E-state index contributed by atoms with van der Waals surface area (Å²) in [7, 11) is 0. The molecule has 0 aliphatic carbocycles. The van der Waals surface area contributed by atoms with Gasteiger partial charge >= 0.3 is 0 Å². The largest absolute Gasteiger partial charge is 0.503 e. The molecule has 0 unspecified atom stereocenters. The molecule has 2 aromatic heterocycles. The molecule has 0 saturated carbocycles. The Hall–Kier alpha value is -1.70. The first-order valence-corrected chi connectivity index (χ1v) is 6.27. The Morgan fingerprint density at radius 1 is 1.50 bits per heavy atom. The van der Waals surface area contributed by atoms with Crippen LogP contribution >= 0.6 is 15.9 Å². The van der Waals surface area contributed by atoms with Gasteiger partial charge in [0.1, 0.15) is 4.60 Å². The van der Waals surface area contributed by atoms with E-state index in [0.717, 1.165) is 12.8 Å². The van der Waals surface area contributed by atoms with Gasteiger partial charge in [-0.25, -0.2) is 4.98 Å². The summed E-state index contributed by atoms with van der Waals surface area (Å²) < 4.78 is 6.02. The molecule has 0 aliphatic heterocycles. The van der Waals surface area contributed by atoms with Gasteiger partial charge in [0.15, 0.2) is 17.2 Å². The number of ether oxygens (including phenoxy) is 1. The van der Waals surface area contributed by atoms with Crippen molar-refractivity contribution < 1.29 is 9.84 Å². The number of aromatic amines is 1. The minimum absolute atomic E-state index is 0.0873. The third-order valence-corrected chi connectivity index (χ3v) is 2.65. The lowest BCUT2D eigenvalue weighted by atomic mass is 10.3. The number of unbranched alkanes of at least 4 members (excludes halogenated alkanes) is 1. The average molecular weight is 314 g/mol. The van der Waals surface area contributed by atoms with Crippen molar-refractivity contribution in [3.8, 4) is 23.0 Å². The second kappa shape index (κ2) is 5.76. The van der Waals surface area contributed by atoms with Crippen LogP contribution in [0.15, 0.2) is 10.7 Å². The van der Waals surface area contributed by atoms with Crippen LogP contribution in [0.5, 0.6) is 11.5 Å². The van der Waals surface area contributed by atoms with Gasteiger partial charge in [-0.1, -0.05) is 13.3 Å². The highest BCUT2D eigenvalue weighted by Gasteiger charge is 2.17. The lowest BCUT2D eigenvalue weighted by Gasteiger charge is -2.09. The maximum atomic E-state index is 10.1. The lowest BCUT2D eigenvalue weighted by molar-refractivity contribution is 0.292. The van der Waals surface area contributed by atoms with Gasteiger partial charge in [0.05, 0.1) is 6.61 Å². The van der Waals surface area contributed by atoms with Gasteiger partial charge in [-0.3, -0.25) is 0 Å². The Kier molecular flexibility index (Phi) is 4.08. The quantitative estimate of drug-likeness (QED) is 0.646. The molecule has 8 heteroatoms. The minimum atomic E-state index is -0.0873. The summed E-state index contributed by atoms with van der Waals surface area (Å²) in [5, 5.41) is 23.4. The van der Waals surface area contributed by atoms with E-state index in [4.69, 9.17) is 4.74 Å². The fourth-order valence-electron chi connectivity index (χ4n) is 1.34. The normalized spacial score (nSPS) is 10.6. The predicted molar refractivity (Wildman–Crippen MR) is 67.2 cm³/mol. The predicted octanol–water partition coefficient (Wildman–Crippen LogP) is 1.91. The molecular weight excluding hydrogens is 302 g/mol. The minimum Gasteiger partial charge on any atom is -0.503 e. The van der Waals surface area contributed by atoms with Crippen LogP contribution in [-0.4, -0.2) is 37.3 Å². The molecule has 0 spiro atoms. The van der Waals surface area contributed by atoms with Gasteiger partial charge in [0.25, 0.3) is 0 Å². The summed E-state index contributed by atoms with van der Waals surface area (Å²) >= 11 is 3.25. The fourth-order valence-corrected chi connectivity index (χ4v) is 1.73. The van der Waals surface area contributed by atoms with Crippen LogP contribution in [0.25, 0.3) is 11.5 Å². The Morgan fingerprint density at radius 3 is 3.00 bits per heavy atom. The third-order valence-electron chi connectivity index (χ3n) is 2.24. The summed E-state index contributed by atoms with van der Waals surface area (Å²) in [6.07, 6.45) is 1.93. The number of tetrazole rings is 1. The molecule has 0 fully saturated rings. The van der Waals surface area contributed by atoms with Crippen molar-refractivity contribution >= 4 is 15.9 Å². The molecule has 0 bridgehead atoms. The topological polar surface area (TPSA) is 96.8 Å². The molecule has 0 saturated heterocycles. The van der Waals surface area contributed by atoms with Gasteiger partial charge in [-0.2, -0.15) is 5.21 Å². The van der Waals surface area contributed by atoms with Crippen molar-refractivity contribution in [2.75, 3.05) is 6.61 Å². The molecule has 18 heavy (non-hydrogen) atoms. The van der Waals surface area contributed by atoms with Gasteiger partial charge < -0.3 is 9.84 Å². The van der Waals surface area contributed by atoms with Gasteiger partial charge in [-0.05, 0) is 27.6 Å². The number of pyridine rings is 1. The highest BCUT2D eigenvalue weighted by atomic mass is 79.9. The van der Waals surface area contributed by atoms with Crippen molar-refractivity contribution in [1.82, 2.24) is 25.6 Å². The number of H-pyrrole nitrogens is 1. The summed E-state index contributed by atoms with van der Waals surface area (Å²) in [4.78, 5) is 4.11. The monoisotopic (exact) mass is 313 g/mol. The molecule has 2 heterocycles. The van der Waals surface area contributed by atoms with Crippen LogP contribution in [-0.2, 0) is 0 Å². The van der Waals surface area contributed by atoms with Crippen molar-refractivity contribution in [2.24, 2.45) is 0 Å². The van der Waals surface area contributed by atoms with Crippen molar-refractivity contribution in [3.05, 3.63) is 10.7 Å². The number of halogens is 1. The number of hydrogen-bond acceptors (Lipinski definition) is 6. The Labute approximate surface area is 112 Å². The van der Waals surface area contributed by atoms with Gasteiger partial charge in [0, 0.05) is 6.07 Å². The summed E-state index contributed by atoms with van der Waals surface area (Å²) in [5.41, 5.74) is 0.227. The van der Waals surface area contributed by atoms with E-state index in [0.29, 0.717) is 17.0 Å². The zero-order valence-electron chi connectivity index (χ0n) is 9.72. The molecule has 0 atom stereocenters. The number of aromatic nitrogens is 5. The number of rotatable bonds is 5. The first kappa shape index (κ1) is 12.7. The molecule has 2 rings (SSSR count). The molecule has 2 N–H and O–H groups in total. The molecule has 0 aliphatic rings. The third kappa shape index (κ3) is 2.76. The molecule has 2 aromatic rings. The molecule has 0 radical (unpaired) electrons.